The highest BCUT2D eigenvalue weighted by Crippen LogP contribution is 2.71. The van der Waals surface area contributed by atoms with Crippen LogP contribution < -0.4 is 10.1 Å². The summed E-state index contributed by atoms with van der Waals surface area (Å²) in [6.07, 6.45) is 3.18. The molecule has 0 saturated heterocycles. The second kappa shape index (κ2) is 5.73. The number of rotatable bonds is 5. The van der Waals surface area contributed by atoms with Crippen molar-refractivity contribution in [1.29, 1.82) is 0 Å². The fraction of sp³-hybridized carbons (Fsp3) is 0.429. The van der Waals surface area contributed by atoms with Gasteiger partial charge in [0.2, 0.25) is 11.8 Å². The number of hydrogen-bond donors (Lipinski definition) is 1. The average Bonchev–Trinajstić information content (AvgIpc) is 3.54. The molecule has 2 amide bonds. The molecule has 2 aliphatic carbocycles. The van der Waals surface area contributed by atoms with Gasteiger partial charge in [-0.3, -0.25) is 9.59 Å². The van der Waals surface area contributed by atoms with Crippen molar-refractivity contribution < 1.29 is 14.3 Å². The monoisotopic (exact) mass is 352 g/mol. The van der Waals surface area contributed by atoms with E-state index in [1.807, 2.05) is 36.4 Å². The summed E-state index contributed by atoms with van der Waals surface area (Å²) in [5.74, 6) is 0.839. The van der Waals surface area contributed by atoms with E-state index in [2.05, 4.69) is 5.32 Å². The first-order valence-corrected chi connectivity index (χ1v) is 9.04. The summed E-state index contributed by atoms with van der Waals surface area (Å²) >= 11 is 0. The minimum atomic E-state index is -0.546. The number of methoxy groups -OCH3 is 1. The number of fused-ring (bicyclic) bond motifs is 1. The molecule has 0 unspecified atom stereocenters. The lowest BCUT2D eigenvalue weighted by molar-refractivity contribution is -0.141. The molecule has 0 bridgehead atoms. The molecule has 136 valence electrons. The molecule has 2 aliphatic rings. The van der Waals surface area contributed by atoms with Gasteiger partial charge in [0.25, 0.3) is 0 Å². The van der Waals surface area contributed by atoms with Crippen LogP contribution in [0.15, 0.2) is 36.4 Å². The highest BCUT2D eigenvalue weighted by Gasteiger charge is 2.73. The Balaban J connectivity index is 1.66. The Bertz CT molecular complexity index is 895. The summed E-state index contributed by atoms with van der Waals surface area (Å²) < 4.78 is 5.43. The Labute approximate surface area is 153 Å². The van der Waals surface area contributed by atoms with Crippen LogP contribution in [-0.2, 0) is 9.59 Å². The van der Waals surface area contributed by atoms with Crippen LogP contribution in [0.5, 0.6) is 5.75 Å². The number of ether oxygens (including phenoxy) is 1. The maximum Gasteiger partial charge on any atom is 0.231 e. The fourth-order valence-electron chi connectivity index (χ4n) is 4.30. The Morgan fingerprint density at radius 3 is 2.12 bits per heavy atom. The van der Waals surface area contributed by atoms with E-state index in [0.717, 1.165) is 47.9 Å². The Hall–Kier alpha value is -2.56. The number of carbonyl (C=O) groups is 2. The maximum atomic E-state index is 13.2. The van der Waals surface area contributed by atoms with Crippen molar-refractivity contribution in [1.82, 2.24) is 4.90 Å². The van der Waals surface area contributed by atoms with Gasteiger partial charge in [0, 0.05) is 30.6 Å². The van der Waals surface area contributed by atoms with Crippen molar-refractivity contribution in [3.05, 3.63) is 36.4 Å². The summed E-state index contributed by atoms with van der Waals surface area (Å²) in [5, 5.41) is 5.02. The topological polar surface area (TPSA) is 58.6 Å². The molecule has 2 saturated carbocycles. The Morgan fingerprint density at radius 2 is 1.58 bits per heavy atom. The van der Waals surface area contributed by atoms with Crippen LogP contribution in [0, 0.1) is 10.8 Å². The largest absolute Gasteiger partial charge is 0.496 e. The number of nitrogens with one attached hydrogen (secondary N) is 1. The lowest BCUT2D eigenvalue weighted by Gasteiger charge is -2.28. The molecule has 26 heavy (non-hydrogen) atoms. The molecular weight excluding hydrogens is 328 g/mol. The van der Waals surface area contributed by atoms with Gasteiger partial charge in [0.1, 0.15) is 5.75 Å². The normalized spacial score (nSPS) is 18.9. The zero-order chi connectivity index (χ0) is 18.5. The van der Waals surface area contributed by atoms with Gasteiger partial charge in [-0.15, -0.1) is 0 Å². The third-order valence-electron chi connectivity index (χ3n) is 6.02. The summed E-state index contributed by atoms with van der Waals surface area (Å²) in [7, 11) is 5.18. The van der Waals surface area contributed by atoms with Gasteiger partial charge < -0.3 is 15.0 Å². The highest BCUT2D eigenvalue weighted by atomic mass is 16.5. The number of nitrogens with zero attached hydrogens (tertiary/aromatic N) is 1. The molecule has 0 heterocycles. The predicted molar refractivity (Wildman–Crippen MR) is 101 cm³/mol. The van der Waals surface area contributed by atoms with Crippen molar-refractivity contribution in [2.24, 2.45) is 10.8 Å². The second-order valence-electron chi connectivity index (χ2n) is 7.68. The van der Waals surface area contributed by atoms with Gasteiger partial charge in [0.05, 0.1) is 17.9 Å². The molecule has 2 aromatic rings. The molecule has 5 nitrogen and oxygen atoms in total. The SMILES string of the molecule is COc1ccc(NC(=O)C2(C3(C(=O)N(C)C)CC3)CC2)c2ccccc12. The van der Waals surface area contributed by atoms with E-state index in [0.29, 0.717) is 0 Å². The number of amides is 2. The lowest BCUT2D eigenvalue weighted by Crippen LogP contribution is -2.42. The molecule has 0 radical (unpaired) electrons. The summed E-state index contributed by atoms with van der Waals surface area (Å²) in [4.78, 5) is 27.5. The van der Waals surface area contributed by atoms with Gasteiger partial charge in [-0.1, -0.05) is 24.3 Å². The number of benzene rings is 2. The maximum absolute atomic E-state index is 13.2. The van der Waals surface area contributed by atoms with Crippen LogP contribution in [0.4, 0.5) is 5.69 Å². The first kappa shape index (κ1) is 16.9. The van der Waals surface area contributed by atoms with E-state index < -0.39 is 10.8 Å². The van der Waals surface area contributed by atoms with E-state index in [9.17, 15) is 9.59 Å². The van der Waals surface area contributed by atoms with Gasteiger partial charge >= 0.3 is 0 Å². The molecule has 0 spiro atoms. The Morgan fingerprint density at radius 1 is 0.962 bits per heavy atom. The molecule has 4 rings (SSSR count). The molecule has 0 aliphatic heterocycles. The molecule has 2 fully saturated rings. The van der Waals surface area contributed by atoms with Crippen molar-refractivity contribution in [2.45, 2.75) is 25.7 Å². The molecule has 5 heteroatoms. The molecule has 0 aromatic heterocycles. The fourth-order valence-corrected chi connectivity index (χ4v) is 4.30. The average molecular weight is 352 g/mol. The molecule has 0 atom stereocenters. The van der Waals surface area contributed by atoms with Crippen LogP contribution >= 0.6 is 0 Å². The zero-order valence-corrected chi connectivity index (χ0v) is 15.5. The van der Waals surface area contributed by atoms with E-state index >= 15 is 0 Å². The first-order chi connectivity index (χ1) is 12.4. The van der Waals surface area contributed by atoms with Gasteiger partial charge in [0.15, 0.2) is 0 Å². The van der Waals surface area contributed by atoms with Crippen molar-refractivity contribution in [3.63, 3.8) is 0 Å². The third-order valence-corrected chi connectivity index (χ3v) is 6.02. The summed E-state index contributed by atoms with van der Waals surface area (Å²) in [5.41, 5.74) is -0.274. The third kappa shape index (κ3) is 2.30. The molecular formula is C21H24N2O3. The van der Waals surface area contributed by atoms with Gasteiger partial charge in [-0.05, 0) is 37.8 Å². The van der Waals surface area contributed by atoms with Crippen molar-refractivity contribution in [3.8, 4) is 5.75 Å². The quantitative estimate of drug-likeness (QED) is 0.897. The summed E-state index contributed by atoms with van der Waals surface area (Å²) in [6, 6.07) is 11.6. The van der Waals surface area contributed by atoms with E-state index in [-0.39, 0.29) is 11.8 Å². The van der Waals surface area contributed by atoms with Crippen LogP contribution in [0.2, 0.25) is 0 Å². The van der Waals surface area contributed by atoms with Gasteiger partial charge in [-0.2, -0.15) is 0 Å². The number of carbonyl (C=O) groups excluding carboxylic acids is 2. The van der Waals surface area contributed by atoms with E-state index in [1.165, 1.54) is 0 Å². The highest BCUT2D eigenvalue weighted by molar-refractivity contribution is 6.08. The van der Waals surface area contributed by atoms with E-state index in [1.54, 1.807) is 26.1 Å². The van der Waals surface area contributed by atoms with Crippen molar-refractivity contribution in [2.75, 3.05) is 26.5 Å². The first-order valence-electron chi connectivity index (χ1n) is 9.04. The minimum absolute atomic E-state index is 0.0273. The van der Waals surface area contributed by atoms with Gasteiger partial charge in [-0.25, -0.2) is 0 Å². The minimum Gasteiger partial charge on any atom is -0.496 e. The van der Waals surface area contributed by atoms with Crippen LogP contribution in [0.1, 0.15) is 25.7 Å². The zero-order valence-electron chi connectivity index (χ0n) is 15.5. The molecule has 1 N–H and O–H groups in total. The Kier molecular flexibility index (Phi) is 3.72. The van der Waals surface area contributed by atoms with Crippen LogP contribution in [0.3, 0.4) is 0 Å². The predicted octanol–water partition coefficient (Wildman–Crippen LogP) is 3.44. The lowest BCUT2D eigenvalue weighted by atomic mass is 9.83. The summed E-state index contributed by atoms with van der Waals surface area (Å²) in [6.45, 7) is 0. The van der Waals surface area contributed by atoms with Crippen LogP contribution in [-0.4, -0.2) is 37.9 Å². The van der Waals surface area contributed by atoms with Crippen molar-refractivity contribution >= 4 is 28.3 Å². The molecule has 2 aromatic carbocycles. The number of anilines is 1. The second-order valence-corrected chi connectivity index (χ2v) is 7.68. The van der Waals surface area contributed by atoms with E-state index in [4.69, 9.17) is 4.74 Å². The smallest absolute Gasteiger partial charge is 0.231 e. The number of hydrogen-bond acceptors (Lipinski definition) is 3. The van der Waals surface area contributed by atoms with Crippen LogP contribution in [0.25, 0.3) is 10.8 Å². The standard InChI is InChI=1S/C21H24N2O3/c1-23(2)19(25)21(12-13-21)20(10-11-20)18(24)22-16-8-9-17(26-3)15-7-5-4-6-14(15)16/h4-9H,10-13H2,1-3H3,(H,22,24).